The Labute approximate surface area is 178 Å². The monoisotopic (exact) mass is 406 g/mol. The van der Waals surface area contributed by atoms with Gasteiger partial charge in [0.1, 0.15) is 0 Å². The summed E-state index contributed by atoms with van der Waals surface area (Å²) in [6.07, 6.45) is 8.49. The smallest absolute Gasteiger partial charge is 0.252 e. The van der Waals surface area contributed by atoms with Crippen LogP contribution in [-0.2, 0) is 11.3 Å². The maximum atomic E-state index is 12.2. The highest BCUT2D eigenvalue weighted by atomic mass is 16.2. The number of carbonyl (C=O) groups excluding carboxylic acids is 2. The summed E-state index contributed by atoms with van der Waals surface area (Å²) < 4.78 is 0. The minimum Gasteiger partial charge on any atom is -0.355 e. The van der Waals surface area contributed by atoms with Crippen LogP contribution in [0.1, 0.15) is 39.9 Å². The molecule has 30 heavy (non-hydrogen) atoms. The Balaban J connectivity index is 1.40. The van der Waals surface area contributed by atoms with Gasteiger partial charge in [-0.2, -0.15) is 0 Å². The fourth-order valence-corrected chi connectivity index (χ4v) is 3.59. The number of rotatable bonds is 7. The summed E-state index contributed by atoms with van der Waals surface area (Å²) in [5, 5.41) is 5.56. The second-order valence-corrected chi connectivity index (χ2v) is 7.87. The molecule has 1 aromatic heterocycles. The Kier molecular flexibility index (Phi) is 7.74. The van der Waals surface area contributed by atoms with Crippen molar-refractivity contribution in [3.05, 3.63) is 71.1 Å². The number of aromatic nitrogens is 1. The van der Waals surface area contributed by atoms with Crippen molar-refractivity contribution in [1.29, 1.82) is 0 Å². The number of nitrogens with one attached hydrogen (secondary N) is 2. The third kappa shape index (κ3) is 6.52. The molecular formula is C24H30N4O2. The standard InChI is InChI=1S/C24H30N4O2/c1-18-3-5-20(6-4-18)17-28-11-9-19(10-12-28)15-27-23(29)8-7-21-13-22(16-26-14-21)24(30)25-2/h3-8,13-14,16,19H,9-12,15,17H2,1-2H3,(H,25,30)(H,27,29)/b8-7+. The first kappa shape index (κ1) is 21.7. The van der Waals surface area contributed by atoms with E-state index in [-0.39, 0.29) is 11.8 Å². The molecule has 0 aliphatic carbocycles. The Morgan fingerprint density at radius 1 is 1.17 bits per heavy atom. The van der Waals surface area contributed by atoms with Gasteiger partial charge in [-0.05, 0) is 62.0 Å². The molecule has 2 amide bonds. The highest BCUT2D eigenvalue weighted by Gasteiger charge is 2.19. The van der Waals surface area contributed by atoms with Gasteiger partial charge < -0.3 is 10.6 Å². The number of amides is 2. The van der Waals surface area contributed by atoms with Crippen molar-refractivity contribution in [2.45, 2.75) is 26.3 Å². The van der Waals surface area contributed by atoms with Crippen LogP contribution < -0.4 is 10.6 Å². The maximum absolute atomic E-state index is 12.2. The Bertz CT molecular complexity index is 884. The summed E-state index contributed by atoms with van der Waals surface area (Å²) in [4.78, 5) is 30.3. The zero-order chi connectivity index (χ0) is 21.3. The predicted molar refractivity (Wildman–Crippen MR) is 119 cm³/mol. The maximum Gasteiger partial charge on any atom is 0.252 e. The minimum absolute atomic E-state index is 0.123. The van der Waals surface area contributed by atoms with Crippen LogP contribution in [0.25, 0.3) is 6.08 Å². The van der Waals surface area contributed by atoms with Gasteiger partial charge in [-0.25, -0.2) is 0 Å². The van der Waals surface area contributed by atoms with Gasteiger partial charge >= 0.3 is 0 Å². The zero-order valence-corrected chi connectivity index (χ0v) is 17.7. The van der Waals surface area contributed by atoms with Crippen molar-refractivity contribution >= 4 is 17.9 Å². The van der Waals surface area contributed by atoms with Crippen LogP contribution in [-0.4, -0.2) is 48.4 Å². The predicted octanol–water partition coefficient (Wildman–Crippen LogP) is 2.79. The van der Waals surface area contributed by atoms with E-state index >= 15 is 0 Å². The first-order valence-electron chi connectivity index (χ1n) is 10.4. The van der Waals surface area contributed by atoms with Gasteiger partial charge in [0, 0.05) is 38.6 Å². The molecule has 158 valence electrons. The van der Waals surface area contributed by atoms with Crippen LogP contribution in [0.4, 0.5) is 0 Å². The van der Waals surface area contributed by atoms with Crippen molar-refractivity contribution in [2.24, 2.45) is 5.92 Å². The van der Waals surface area contributed by atoms with E-state index in [1.807, 2.05) is 0 Å². The summed E-state index contributed by atoms with van der Waals surface area (Å²) in [5.41, 5.74) is 3.83. The number of likely N-dealkylation sites (tertiary alicyclic amines) is 1. The van der Waals surface area contributed by atoms with Crippen molar-refractivity contribution < 1.29 is 9.59 Å². The van der Waals surface area contributed by atoms with Crippen LogP contribution in [0.15, 0.2) is 48.8 Å². The first-order valence-corrected chi connectivity index (χ1v) is 10.4. The summed E-state index contributed by atoms with van der Waals surface area (Å²) in [5.74, 6) is 0.188. The number of nitrogens with zero attached hydrogens (tertiary/aromatic N) is 2. The number of hydrogen-bond acceptors (Lipinski definition) is 4. The van der Waals surface area contributed by atoms with E-state index < -0.39 is 0 Å². The van der Waals surface area contributed by atoms with E-state index in [0.717, 1.165) is 38.0 Å². The average molecular weight is 407 g/mol. The van der Waals surface area contributed by atoms with Gasteiger partial charge in [-0.15, -0.1) is 0 Å². The molecule has 1 saturated heterocycles. The summed E-state index contributed by atoms with van der Waals surface area (Å²) in [6.45, 7) is 5.91. The Hall–Kier alpha value is -2.99. The molecule has 0 spiro atoms. The quantitative estimate of drug-likeness (QED) is 0.694. The topological polar surface area (TPSA) is 74.3 Å². The lowest BCUT2D eigenvalue weighted by Crippen LogP contribution is -2.38. The fraction of sp³-hybridized carbons (Fsp3) is 0.375. The molecule has 0 bridgehead atoms. The third-order valence-corrected chi connectivity index (χ3v) is 5.47. The van der Waals surface area contributed by atoms with E-state index in [1.165, 1.54) is 23.4 Å². The number of pyridine rings is 1. The Morgan fingerprint density at radius 2 is 1.90 bits per heavy atom. The van der Waals surface area contributed by atoms with Crippen molar-refractivity contribution in [1.82, 2.24) is 20.5 Å². The lowest BCUT2D eigenvalue weighted by atomic mass is 9.96. The van der Waals surface area contributed by atoms with Crippen LogP contribution in [0.2, 0.25) is 0 Å². The highest BCUT2D eigenvalue weighted by Crippen LogP contribution is 2.18. The molecule has 1 fully saturated rings. The second-order valence-electron chi connectivity index (χ2n) is 7.87. The summed E-state index contributed by atoms with van der Waals surface area (Å²) in [7, 11) is 1.57. The van der Waals surface area contributed by atoms with Gasteiger partial charge in [0.15, 0.2) is 0 Å². The molecule has 2 heterocycles. The second kappa shape index (κ2) is 10.7. The summed E-state index contributed by atoms with van der Waals surface area (Å²) >= 11 is 0. The van der Waals surface area contributed by atoms with Crippen LogP contribution in [0, 0.1) is 12.8 Å². The molecule has 6 nitrogen and oxygen atoms in total. The molecule has 0 radical (unpaired) electrons. The molecule has 0 unspecified atom stereocenters. The molecule has 0 saturated carbocycles. The van der Waals surface area contributed by atoms with Crippen molar-refractivity contribution in [2.75, 3.05) is 26.7 Å². The number of benzene rings is 1. The third-order valence-electron chi connectivity index (χ3n) is 5.47. The largest absolute Gasteiger partial charge is 0.355 e. The van der Waals surface area contributed by atoms with Gasteiger partial charge in [0.2, 0.25) is 5.91 Å². The lowest BCUT2D eigenvalue weighted by molar-refractivity contribution is -0.116. The van der Waals surface area contributed by atoms with Gasteiger partial charge in [0.05, 0.1) is 5.56 Å². The number of piperidine rings is 1. The number of carbonyl (C=O) groups is 2. The molecule has 0 atom stereocenters. The van der Waals surface area contributed by atoms with Crippen molar-refractivity contribution in [3.63, 3.8) is 0 Å². The molecule has 1 aliphatic rings. The van der Waals surface area contributed by atoms with Crippen LogP contribution >= 0.6 is 0 Å². The SMILES string of the molecule is CNC(=O)c1cncc(/C=C/C(=O)NCC2CCN(Cc3ccc(C)cc3)CC2)c1. The fourth-order valence-electron chi connectivity index (χ4n) is 3.59. The van der Waals surface area contributed by atoms with Gasteiger partial charge in [-0.1, -0.05) is 29.8 Å². The highest BCUT2D eigenvalue weighted by molar-refractivity contribution is 5.95. The summed E-state index contributed by atoms with van der Waals surface area (Å²) in [6, 6.07) is 10.4. The molecule has 2 N–H and O–H groups in total. The van der Waals surface area contributed by atoms with E-state index in [9.17, 15) is 9.59 Å². The molecule has 6 heteroatoms. The number of aryl methyl sites for hydroxylation is 1. The molecular weight excluding hydrogens is 376 g/mol. The van der Waals surface area contributed by atoms with Gasteiger partial charge in [-0.3, -0.25) is 19.5 Å². The molecule has 1 aliphatic heterocycles. The van der Waals surface area contributed by atoms with Crippen LogP contribution in [0.5, 0.6) is 0 Å². The normalized spacial score (nSPS) is 15.3. The van der Waals surface area contributed by atoms with E-state index in [1.54, 1.807) is 25.4 Å². The molecule has 1 aromatic carbocycles. The minimum atomic E-state index is -0.198. The molecule has 3 rings (SSSR count). The first-order chi connectivity index (χ1) is 14.5. The van der Waals surface area contributed by atoms with E-state index in [4.69, 9.17) is 0 Å². The number of hydrogen-bond donors (Lipinski definition) is 2. The average Bonchev–Trinajstić information content (AvgIpc) is 2.78. The van der Waals surface area contributed by atoms with E-state index in [2.05, 4.69) is 51.7 Å². The Morgan fingerprint density at radius 3 is 2.60 bits per heavy atom. The molecule has 2 aromatic rings. The van der Waals surface area contributed by atoms with Crippen molar-refractivity contribution in [3.8, 4) is 0 Å². The van der Waals surface area contributed by atoms with Gasteiger partial charge in [0.25, 0.3) is 5.91 Å². The zero-order valence-electron chi connectivity index (χ0n) is 17.7. The van der Waals surface area contributed by atoms with Crippen LogP contribution in [0.3, 0.4) is 0 Å². The van der Waals surface area contributed by atoms with E-state index in [0.29, 0.717) is 18.0 Å². The lowest BCUT2D eigenvalue weighted by Gasteiger charge is -2.32.